The van der Waals surface area contributed by atoms with Gasteiger partial charge in [0.1, 0.15) is 5.82 Å². The Balaban J connectivity index is 1.56. The number of aryl methyl sites for hydroxylation is 1. The minimum atomic E-state index is -1.68. The highest BCUT2D eigenvalue weighted by molar-refractivity contribution is 6.30. The molecule has 1 fully saturated rings. The van der Waals surface area contributed by atoms with Crippen LogP contribution >= 0.6 is 23.2 Å². The van der Waals surface area contributed by atoms with E-state index in [4.69, 9.17) is 32.7 Å². The van der Waals surface area contributed by atoms with E-state index in [2.05, 4.69) is 10.1 Å². The molecule has 0 saturated carbocycles. The summed E-state index contributed by atoms with van der Waals surface area (Å²) in [4.78, 5) is 33.3. The summed E-state index contributed by atoms with van der Waals surface area (Å²) in [6, 6.07) is 12.7. The summed E-state index contributed by atoms with van der Waals surface area (Å²) in [6.07, 6.45) is 4.55. The Kier molecular flexibility index (Phi) is 6.92. The minimum Gasteiger partial charge on any atom is -0.379 e. The number of nitrogens with zero attached hydrogens (tertiary/aromatic N) is 4. The number of amides is 1. The first kappa shape index (κ1) is 26.6. The molecule has 1 amide bonds. The molecule has 0 N–H and O–H groups in total. The Morgan fingerprint density at radius 3 is 2.55 bits per heavy atom. The molecule has 0 spiro atoms. The SMILES string of the molecule is Cn1cc(C(=O)c2cc(F)c3c(c2)C(=O)N(Cc2ccc(Cl)cn2)C3(OC2CCOC2)c2ccc(Cl)cc2)cn1. The Labute approximate surface area is 239 Å². The molecule has 2 atom stereocenters. The summed E-state index contributed by atoms with van der Waals surface area (Å²) in [5.41, 5.74) is -0.330. The van der Waals surface area contributed by atoms with Crippen molar-refractivity contribution in [2.45, 2.75) is 24.8 Å². The molecule has 2 aliphatic heterocycles. The van der Waals surface area contributed by atoms with Gasteiger partial charge in [-0.2, -0.15) is 5.10 Å². The topological polar surface area (TPSA) is 86.6 Å². The average Bonchev–Trinajstić information content (AvgIpc) is 3.67. The highest BCUT2D eigenvalue weighted by Crippen LogP contribution is 2.49. The molecule has 0 bridgehead atoms. The van der Waals surface area contributed by atoms with Gasteiger partial charge in [-0.1, -0.05) is 35.3 Å². The average molecular weight is 581 g/mol. The lowest BCUT2D eigenvalue weighted by atomic mass is 9.90. The summed E-state index contributed by atoms with van der Waals surface area (Å²) in [5.74, 6) is -1.72. The minimum absolute atomic E-state index is 0.0171. The zero-order valence-corrected chi connectivity index (χ0v) is 22.8. The van der Waals surface area contributed by atoms with Gasteiger partial charge in [0.15, 0.2) is 5.78 Å². The number of carbonyl (C=O) groups excluding carboxylic acids is 2. The van der Waals surface area contributed by atoms with Crippen molar-refractivity contribution < 1.29 is 23.5 Å². The maximum atomic E-state index is 16.4. The van der Waals surface area contributed by atoms with Crippen LogP contribution in [-0.2, 0) is 28.8 Å². The van der Waals surface area contributed by atoms with E-state index in [-0.39, 0.29) is 35.4 Å². The van der Waals surface area contributed by atoms with Crippen LogP contribution in [0.3, 0.4) is 0 Å². The maximum absolute atomic E-state index is 16.4. The zero-order valence-electron chi connectivity index (χ0n) is 21.3. The fourth-order valence-corrected chi connectivity index (χ4v) is 5.48. The van der Waals surface area contributed by atoms with Gasteiger partial charge in [-0.25, -0.2) is 4.39 Å². The van der Waals surface area contributed by atoms with Crippen LogP contribution in [0.4, 0.5) is 4.39 Å². The summed E-state index contributed by atoms with van der Waals surface area (Å²) in [7, 11) is 1.68. The molecule has 2 unspecified atom stereocenters. The molecule has 204 valence electrons. The van der Waals surface area contributed by atoms with Crippen LogP contribution in [0, 0.1) is 5.82 Å². The van der Waals surface area contributed by atoms with E-state index in [1.165, 1.54) is 34.2 Å². The maximum Gasteiger partial charge on any atom is 0.257 e. The lowest BCUT2D eigenvalue weighted by molar-refractivity contribution is -0.148. The molecule has 4 heterocycles. The second kappa shape index (κ2) is 10.4. The van der Waals surface area contributed by atoms with Gasteiger partial charge in [0.2, 0.25) is 5.72 Å². The van der Waals surface area contributed by atoms with Crippen LogP contribution in [0.1, 0.15) is 49.5 Å². The molecule has 1 saturated heterocycles. The van der Waals surface area contributed by atoms with E-state index in [0.717, 1.165) is 6.07 Å². The smallest absolute Gasteiger partial charge is 0.257 e. The molecule has 6 rings (SSSR count). The first-order valence-electron chi connectivity index (χ1n) is 12.6. The number of aromatic nitrogens is 3. The quantitative estimate of drug-likeness (QED) is 0.281. The third-order valence-electron chi connectivity index (χ3n) is 7.08. The van der Waals surface area contributed by atoms with Gasteiger partial charge in [0.25, 0.3) is 5.91 Å². The number of hydrogen-bond acceptors (Lipinski definition) is 6. The number of benzene rings is 2. The van der Waals surface area contributed by atoms with Gasteiger partial charge in [-0.05, 0) is 42.8 Å². The standard InChI is InChI=1S/C29H23Cl2FN4O4/c1-35-14-18(12-34-35)27(37)17-10-24-26(25(32)11-17)29(40-23-8-9-39-16-23,19-2-4-20(30)5-3-19)36(28(24)38)15-22-7-6-21(31)13-33-22/h2-7,10-14,23H,8-9,15-16H2,1H3. The number of pyridine rings is 1. The van der Waals surface area contributed by atoms with E-state index in [1.807, 2.05) is 0 Å². The largest absolute Gasteiger partial charge is 0.379 e. The van der Waals surface area contributed by atoms with E-state index < -0.39 is 29.3 Å². The first-order valence-corrected chi connectivity index (χ1v) is 13.3. The monoisotopic (exact) mass is 580 g/mol. The van der Waals surface area contributed by atoms with Gasteiger partial charge in [0.05, 0.1) is 52.9 Å². The molecular formula is C29H23Cl2FN4O4. The molecule has 0 aliphatic carbocycles. The number of halogens is 3. The number of fused-ring (bicyclic) bond motifs is 1. The summed E-state index contributed by atoms with van der Waals surface area (Å²) in [6.45, 7) is 0.735. The van der Waals surface area contributed by atoms with Gasteiger partial charge in [-0.3, -0.25) is 24.2 Å². The van der Waals surface area contributed by atoms with Crippen LogP contribution in [-0.4, -0.2) is 50.7 Å². The number of ether oxygens (including phenoxy) is 2. The van der Waals surface area contributed by atoms with Crippen LogP contribution in [0.25, 0.3) is 0 Å². The van der Waals surface area contributed by atoms with Crippen LogP contribution < -0.4 is 0 Å². The van der Waals surface area contributed by atoms with Crippen molar-refractivity contribution in [1.29, 1.82) is 0 Å². The van der Waals surface area contributed by atoms with Crippen molar-refractivity contribution in [3.8, 4) is 0 Å². The molecule has 2 aliphatic rings. The van der Waals surface area contributed by atoms with Gasteiger partial charge < -0.3 is 9.47 Å². The van der Waals surface area contributed by atoms with Crippen molar-refractivity contribution in [1.82, 2.24) is 19.7 Å². The molecule has 0 radical (unpaired) electrons. The van der Waals surface area contributed by atoms with Crippen molar-refractivity contribution in [3.63, 3.8) is 0 Å². The van der Waals surface area contributed by atoms with Crippen LogP contribution in [0.15, 0.2) is 67.1 Å². The van der Waals surface area contributed by atoms with Crippen molar-refractivity contribution in [3.05, 3.63) is 116 Å². The molecule has 8 nitrogen and oxygen atoms in total. The number of rotatable bonds is 7. The Morgan fingerprint density at radius 1 is 1.12 bits per heavy atom. The van der Waals surface area contributed by atoms with E-state index in [1.54, 1.807) is 43.4 Å². The predicted molar refractivity (Wildman–Crippen MR) is 145 cm³/mol. The molecule has 11 heteroatoms. The molecular weight excluding hydrogens is 558 g/mol. The Bertz CT molecular complexity index is 1600. The van der Waals surface area contributed by atoms with Crippen LogP contribution in [0.2, 0.25) is 10.0 Å². The highest BCUT2D eigenvalue weighted by atomic mass is 35.5. The Hall–Kier alpha value is -3.63. The summed E-state index contributed by atoms with van der Waals surface area (Å²) < 4.78 is 30.1. The predicted octanol–water partition coefficient (Wildman–Crippen LogP) is 5.15. The fourth-order valence-electron chi connectivity index (χ4n) is 5.24. The van der Waals surface area contributed by atoms with E-state index in [9.17, 15) is 9.59 Å². The third kappa shape index (κ3) is 4.58. The van der Waals surface area contributed by atoms with Crippen molar-refractivity contribution >= 4 is 34.9 Å². The lowest BCUT2D eigenvalue weighted by Crippen LogP contribution is -2.49. The van der Waals surface area contributed by atoms with Gasteiger partial charge in [0, 0.05) is 42.2 Å². The second-order valence-electron chi connectivity index (χ2n) is 9.73. The zero-order chi connectivity index (χ0) is 28.0. The fraction of sp³-hybridized carbons (Fsp3) is 0.241. The van der Waals surface area contributed by atoms with Crippen LogP contribution in [0.5, 0.6) is 0 Å². The Morgan fingerprint density at radius 2 is 1.90 bits per heavy atom. The van der Waals surface area contributed by atoms with Gasteiger partial charge in [-0.15, -0.1) is 0 Å². The van der Waals surface area contributed by atoms with Crippen molar-refractivity contribution in [2.24, 2.45) is 7.05 Å². The lowest BCUT2D eigenvalue weighted by Gasteiger charge is -2.41. The second-order valence-corrected chi connectivity index (χ2v) is 10.6. The summed E-state index contributed by atoms with van der Waals surface area (Å²) >= 11 is 12.3. The van der Waals surface area contributed by atoms with Crippen molar-refractivity contribution in [2.75, 3.05) is 13.2 Å². The van der Waals surface area contributed by atoms with E-state index in [0.29, 0.717) is 34.3 Å². The molecule has 4 aromatic rings. The van der Waals surface area contributed by atoms with Gasteiger partial charge >= 0.3 is 0 Å². The third-order valence-corrected chi connectivity index (χ3v) is 7.56. The number of ketones is 1. The first-order chi connectivity index (χ1) is 19.3. The summed E-state index contributed by atoms with van der Waals surface area (Å²) in [5, 5.41) is 4.94. The molecule has 40 heavy (non-hydrogen) atoms. The normalized spacial score (nSPS) is 20.2. The van der Waals surface area contributed by atoms with E-state index >= 15 is 4.39 Å². The molecule has 2 aromatic heterocycles. The number of carbonyl (C=O) groups is 2. The number of hydrogen-bond donors (Lipinski definition) is 0. The highest BCUT2D eigenvalue weighted by Gasteiger charge is 2.55. The molecule has 2 aromatic carbocycles.